The molecule has 0 aliphatic heterocycles. The van der Waals surface area contributed by atoms with Gasteiger partial charge < -0.3 is 19.9 Å². The van der Waals surface area contributed by atoms with Gasteiger partial charge in [0.05, 0.1) is 13.2 Å². The zero-order chi connectivity index (χ0) is 12.3. The van der Waals surface area contributed by atoms with Crippen molar-refractivity contribution in [1.82, 2.24) is 5.32 Å². The van der Waals surface area contributed by atoms with Crippen LogP contribution in [0.4, 0.5) is 0 Å². The number of para-hydroxylation sites is 1. The van der Waals surface area contributed by atoms with Gasteiger partial charge in [-0.2, -0.15) is 0 Å². The number of ether oxygens (including phenoxy) is 2. The molecule has 0 aliphatic carbocycles. The molecule has 0 heterocycles. The fourth-order valence-electron chi connectivity index (χ4n) is 1.15. The minimum absolute atomic E-state index is 0.0157. The van der Waals surface area contributed by atoms with E-state index in [4.69, 9.17) is 14.6 Å². The van der Waals surface area contributed by atoms with Crippen molar-refractivity contribution in [3.8, 4) is 5.75 Å². The van der Waals surface area contributed by atoms with Gasteiger partial charge in [-0.25, -0.2) is 0 Å². The lowest BCUT2D eigenvalue weighted by atomic mass is 10.3. The van der Waals surface area contributed by atoms with Crippen molar-refractivity contribution in [2.24, 2.45) is 0 Å². The first-order chi connectivity index (χ1) is 8.33. The molecule has 0 atom stereocenters. The lowest BCUT2D eigenvalue weighted by molar-refractivity contribution is -0.126. The summed E-state index contributed by atoms with van der Waals surface area (Å²) in [4.78, 5) is 11.0. The molecule has 1 aromatic rings. The number of nitrogens with one attached hydrogen (secondary N) is 1. The smallest absolute Gasteiger partial charge is 0.246 e. The molecule has 1 rings (SSSR count). The van der Waals surface area contributed by atoms with Gasteiger partial charge >= 0.3 is 0 Å². The van der Waals surface area contributed by atoms with Gasteiger partial charge in [-0.3, -0.25) is 4.79 Å². The Balaban J connectivity index is 1.99. The summed E-state index contributed by atoms with van der Waals surface area (Å²) in [5.41, 5.74) is 0. The van der Waals surface area contributed by atoms with E-state index in [-0.39, 0.29) is 25.7 Å². The van der Waals surface area contributed by atoms with E-state index in [0.717, 1.165) is 5.75 Å². The number of aliphatic hydroxyl groups is 1. The van der Waals surface area contributed by atoms with Crippen molar-refractivity contribution in [3.05, 3.63) is 30.3 Å². The van der Waals surface area contributed by atoms with Crippen LogP contribution < -0.4 is 10.1 Å². The third kappa shape index (κ3) is 6.55. The third-order valence-corrected chi connectivity index (χ3v) is 1.91. The molecule has 0 spiro atoms. The van der Waals surface area contributed by atoms with Crippen LogP contribution in [0.1, 0.15) is 0 Å². The maximum atomic E-state index is 11.0. The van der Waals surface area contributed by atoms with E-state index in [2.05, 4.69) is 5.32 Å². The Kier molecular flexibility index (Phi) is 6.78. The van der Waals surface area contributed by atoms with Crippen molar-refractivity contribution >= 4 is 5.91 Å². The summed E-state index contributed by atoms with van der Waals surface area (Å²) < 4.78 is 10.5. The van der Waals surface area contributed by atoms with Crippen LogP contribution in [0.5, 0.6) is 5.75 Å². The number of hydrogen-bond donors (Lipinski definition) is 2. The molecule has 0 bridgehead atoms. The van der Waals surface area contributed by atoms with Crippen LogP contribution in [0.3, 0.4) is 0 Å². The second-order valence-electron chi connectivity index (χ2n) is 3.29. The largest absolute Gasteiger partial charge is 0.491 e. The molecule has 5 nitrogen and oxygen atoms in total. The molecule has 2 N–H and O–H groups in total. The van der Waals surface area contributed by atoms with Gasteiger partial charge in [0, 0.05) is 6.54 Å². The fourth-order valence-corrected chi connectivity index (χ4v) is 1.15. The molecule has 0 saturated heterocycles. The normalized spacial score (nSPS) is 9.94. The molecule has 94 valence electrons. The van der Waals surface area contributed by atoms with Crippen molar-refractivity contribution in [2.45, 2.75) is 0 Å². The molecule has 1 amide bonds. The molecule has 0 radical (unpaired) electrons. The Morgan fingerprint density at radius 3 is 2.71 bits per heavy atom. The van der Waals surface area contributed by atoms with Crippen molar-refractivity contribution in [3.63, 3.8) is 0 Å². The maximum absolute atomic E-state index is 11.0. The van der Waals surface area contributed by atoms with Crippen molar-refractivity contribution < 1.29 is 19.4 Å². The number of carbonyl (C=O) groups is 1. The van der Waals surface area contributed by atoms with Crippen LogP contribution in [0.15, 0.2) is 30.3 Å². The number of benzene rings is 1. The summed E-state index contributed by atoms with van der Waals surface area (Å²) >= 11 is 0. The van der Waals surface area contributed by atoms with E-state index in [1.165, 1.54) is 0 Å². The van der Waals surface area contributed by atoms with E-state index in [0.29, 0.717) is 13.2 Å². The van der Waals surface area contributed by atoms with E-state index >= 15 is 0 Å². The first-order valence-electron chi connectivity index (χ1n) is 5.46. The predicted octanol–water partition coefficient (Wildman–Crippen LogP) is 0.191. The standard InChI is InChI=1S/C12H17NO4/c14-7-6-13-12(15)10-16-8-9-17-11-4-2-1-3-5-11/h1-5,14H,6-10H2,(H,13,15). The lowest BCUT2D eigenvalue weighted by Crippen LogP contribution is -2.30. The van der Waals surface area contributed by atoms with E-state index < -0.39 is 0 Å². The average Bonchev–Trinajstić information content (AvgIpc) is 2.37. The monoisotopic (exact) mass is 239 g/mol. The molecule has 0 saturated carbocycles. The Labute approximate surface area is 100 Å². The highest BCUT2D eigenvalue weighted by Gasteiger charge is 1.99. The van der Waals surface area contributed by atoms with E-state index in [9.17, 15) is 4.79 Å². The SMILES string of the molecule is O=C(COCCOc1ccccc1)NCCO. The van der Waals surface area contributed by atoms with E-state index in [1.807, 2.05) is 30.3 Å². The maximum Gasteiger partial charge on any atom is 0.246 e. The molecule has 0 fully saturated rings. The Morgan fingerprint density at radius 1 is 1.24 bits per heavy atom. The number of rotatable bonds is 8. The highest BCUT2D eigenvalue weighted by Crippen LogP contribution is 2.07. The van der Waals surface area contributed by atoms with Crippen LogP contribution in [0.2, 0.25) is 0 Å². The molecule has 0 unspecified atom stereocenters. The minimum Gasteiger partial charge on any atom is -0.491 e. The lowest BCUT2D eigenvalue weighted by Gasteiger charge is -2.07. The number of aliphatic hydroxyl groups excluding tert-OH is 1. The van der Waals surface area contributed by atoms with Crippen LogP contribution in [0.25, 0.3) is 0 Å². The molecule has 0 aliphatic rings. The highest BCUT2D eigenvalue weighted by molar-refractivity contribution is 5.77. The average molecular weight is 239 g/mol. The molecule has 17 heavy (non-hydrogen) atoms. The highest BCUT2D eigenvalue weighted by atomic mass is 16.5. The predicted molar refractivity (Wildman–Crippen MR) is 62.9 cm³/mol. The Morgan fingerprint density at radius 2 is 2.00 bits per heavy atom. The minimum atomic E-state index is -0.237. The summed E-state index contributed by atoms with van der Waals surface area (Å²) in [6.45, 7) is 0.919. The summed E-state index contributed by atoms with van der Waals surface area (Å²) in [6.07, 6.45) is 0. The van der Waals surface area contributed by atoms with E-state index in [1.54, 1.807) is 0 Å². The second-order valence-corrected chi connectivity index (χ2v) is 3.29. The summed E-state index contributed by atoms with van der Waals surface area (Å²) in [5, 5.41) is 11.0. The van der Waals surface area contributed by atoms with Crippen LogP contribution in [0, 0.1) is 0 Å². The van der Waals surface area contributed by atoms with Crippen LogP contribution in [-0.4, -0.2) is 44.0 Å². The molecule has 1 aromatic carbocycles. The zero-order valence-electron chi connectivity index (χ0n) is 9.59. The Hall–Kier alpha value is -1.59. The Bertz CT molecular complexity index is 316. The molecular formula is C12H17NO4. The third-order valence-electron chi connectivity index (χ3n) is 1.91. The van der Waals surface area contributed by atoms with Gasteiger partial charge in [-0.05, 0) is 12.1 Å². The van der Waals surface area contributed by atoms with Gasteiger partial charge in [0.2, 0.25) is 5.91 Å². The first-order valence-corrected chi connectivity index (χ1v) is 5.46. The van der Waals surface area contributed by atoms with Crippen LogP contribution in [-0.2, 0) is 9.53 Å². The molecular weight excluding hydrogens is 222 g/mol. The first kappa shape index (κ1) is 13.5. The van der Waals surface area contributed by atoms with Gasteiger partial charge in [0.25, 0.3) is 0 Å². The quantitative estimate of drug-likeness (QED) is 0.635. The summed E-state index contributed by atoms with van der Waals surface area (Å²) in [7, 11) is 0. The van der Waals surface area contributed by atoms with Crippen molar-refractivity contribution in [2.75, 3.05) is 33.0 Å². The van der Waals surface area contributed by atoms with Crippen molar-refractivity contribution in [1.29, 1.82) is 0 Å². The van der Waals surface area contributed by atoms with Gasteiger partial charge in [-0.15, -0.1) is 0 Å². The summed E-state index contributed by atoms with van der Waals surface area (Å²) in [5.74, 6) is 0.541. The van der Waals surface area contributed by atoms with Gasteiger partial charge in [-0.1, -0.05) is 18.2 Å². The van der Waals surface area contributed by atoms with Crippen LogP contribution >= 0.6 is 0 Å². The number of hydrogen-bond acceptors (Lipinski definition) is 4. The second kappa shape index (κ2) is 8.55. The fraction of sp³-hybridized carbons (Fsp3) is 0.417. The number of amides is 1. The van der Waals surface area contributed by atoms with Gasteiger partial charge in [0.15, 0.2) is 0 Å². The molecule has 5 heteroatoms. The summed E-state index contributed by atoms with van der Waals surface area (Å²) in [6, 6.07) is 9.40. The zero-order valence-corrected chi connectivity index (χ0v) is 9.59. The number of carbonyl (C=O) groups excluding carboxylic acids is 1. The topological polar surface area (TPSA) is 67.8 Å². The molecule has 0 aromatic heterocycles. The van der Waals surface area contributed by atoms with Gasteiger partial charge in [0.1, 0.15) is 19.0 Å².